The van der Waals surface area contributed by atoms with Crippen molar-refractivity contribution in [2.45, 2.75) is 33.2 Å². The van der Waals surface area contributed by atoms with Crippen LogP contribution in [-0.4, -0.2) is 17.8 Å². The van der Waals surface area contributed by atoms with E-state index >= 15 is 0 Å². The van der Waals surface area contributed by atoms with E-state index in [0.29, 0.717) is 0 Å². The summed E-state index contributed by atoms with van der Waals surface area (Å²) in [6, 6.07) is 0. The molecule has 2 nitrogen and oxygen atoms in total. The van der Waals surface area contributed by atoms with Crippen molar-refractivity contribution in [3.63, 3.8) is 0 Å². The fraction of sp³-hybridized carbons (Fsp3) is 0.667. The van der Waals surface area contributed by atoms with Crippen molar-refractivity contribution in [2.75, 3.05) is 6.54 Å². The van der Waals surface area contributed by atoms with Crippen molar-refractivity contribution in [1.29, 1.82) is 0 Å². The number of rotatable bonds is 1. The second kappa shape index (κ2) is 2.68. The molecule has 1 aliphatic heterocycles. The van der Waals surface area contributed by atoms with Gasteiger partial charge in [0.2, 0.25) is 0 Å². The molecule has 0 fully saturated rings. The van der Waals surface area contributed by atoms with Crippen LogP contribution in [0.4, 0.5) is 0 Å². The lowest BCUT2D eigenvalue weighted by Gasteiger charge is -2.22. The maximum Gasteiger partial charge on any atom is 0.0790 e. The number of hydrogen-bond donors (Lipinski definition) is 1. The van der Waals surface area contributed by atoms with E-state index in [0.717, 1.165) is 12.3 Å². The van der Waals surface area contributed by atoms with Gasteiger partial charge in [-0.2, -0.15) is 0 Å². The Bertz CT molecular complexity index is 206. The van der Waals surface area contributed by atoms with Crippen LogP contribution in [0.25, 0.3) is 0 Å². The fourth-order valence-electron chi connectivity index (χ4n) is 1.11. The maximum atomic E-state index is 4.26. The van der Waals surface area contributed by atoms with E-state index in [1.165, 1.54) is 5.70 Å². The molecule has 0 amide bonds. The van der Waals surface area contributed by atoms with Crippen molar-refractivity contribution >= 4 is 5.71 Å². The highest BCUT2D eigenvalue weighted by atomic mass is 15.0. The SMILES string of the molecule is CC1=NCC(NC(C)(C)C)=C1. The molecule has 2 heteroatoms. The Labute approximate surface area is 68.4 Å². The molecule has 0 aromatic heterocycles. The van der Waals surface area contributed by atoms with Gasteiger partial charge < -0.3 is 5.32 Å². The lowest BCUT2D eigenvalue weighted by molar-refractivity contribution is 0.471. The zero-order valence-corrected chi connectivity index (χ0v) is 7.73. The van der Waals surface area contributed by atoms with Crippen molar-refractivity contribution < 1.29 is 0 Å². The van der Waals surface area contributed by atoms with Gasteiger partial charge in [0.05, 0.1) is 6.54 Å². The average Bonchev–Trinajstić information content (AvgIpc) is 2.10. The smallest absolute Gasteiger partial charge is 0.0790 e. The minimum absolute atomic E-state index is 0.159. The highest BCUT2D eigenvalue weighted by molar-refractivity contribution is 5.95. The molecule has 0 aromatic rings. The van der Waals surface area contributed by atoms with Crippen LogP contribution in [0.1, 0.15) is 27.7 Å². The summed E-state index contributed by atoms with van der Waals surface area (Å²) in [5.74, 6) is 0. The van der Waals surface area contributed by atoms with Gasteiger partial charge in [-0.05, 0) is 33.8 Å². The summed E-state index contributed by atoms with van der Waals surface area (Å²) < 4.78 is 0. The van der Waals surface area contributed by atoms with Crippen LogP contribution >= 0.6 is 0 Å². The Morgan fingerprint density at radius 1 is 1.45 bits per heavy atom. The molecule has 1 N–H and O–H groups in total. The highest BCUT2D eigenvalue weighted by Gasteiger charge is 2.12. The van der Waals surface area contributed by atoms with E-state index in [1.807, 2.05) is 6.92 Å². The predicted octanol–water partition coefficient (Wildman–Crippen LogP) is 1.73. The van der Waals surface area contributed by atoms with Crippen LogP contribution in [0, 0.1) is 0 Å². The lowest BCUT2D eigenvalue weighted by Crippen LogP contribution is -2.35. The van der Waals surface area contributed by atoms with Gasteiger partial charge in [-0.15, -0.1) is 0 Å². The van der Waals surface area contributed by atoms with E-state index in [9.17, 15) is 0 Å². The number of nitrogens with zero attached hydrogens (tertiary/aromatic N) is 1. The second-order valence-corrected chi connectivity index (χ2v) is 4.00. The third-order valence-electron chi connectivity index (χ3n) is 1.42. The van der Waals surface area contributed by atoms with Crippen molar-refractivity contribution in [2.24, 2.45) is 4.99 Å². The fourth-order valence-corrected chi connectivity index (χ4v) is 1.11. The summed E-state index contributed by atoms with van der Waals surface area (Å²) in [7, 11) is 0. The van der Waals surface area contributed by atoms with Crippen LogP contribution in [-0.2, 0) is 0 Å². The van der Waals surface area contributed by atoms with Crippen LogP contribution < -0.4 is 5.32 Å². The van der Waals surface area contributed by atoms with E-state index in [4.69, 9.17) is 0 Å². The third kappa shape index (κ3) is 2.74. The molecule has 0 unspecified atom stereocenters. The number of allylic oxidation sites excluding steroid dienone is 1. The molecular weight excluding hydrogens is 136 g/mol. The van der Waals surface area contributed by atoms with Gasteiger partial charge in [0, 0.05) is 16.9 Å². The minimum atomic E-state index is 0.159. The molecule has 0 saturated heterocycles. The zero-order chi connectivity index (χ0) is 8.48. The highest BCUT2D eigenvalue weighted by Crippen LogP contribution is 2.08. The molecule has 0 saturated carbocycles. The van der Waals surface area contributed by atoms with Gasteiger partial charge in [-0.3, -0.25) is 4.99 Å². The van der Waals surface area contributed by atoms with Crippen molar-refractivity contribution in [3.05, 3.63) is 11.8 Å². The normalized spacial score (nSPS) is 17.8. The van der Waals surface area contributed by atoms with Crippen molar-refractivity contribution in [3.8, 4) is 0 Å². The molecule has 0 atom stereocenters. The topological polar surface area (TPSA) is 24.4 Å². The molecule has 0 radical (unpaired) electrons. The minimum Gasteiger partial charge on any atom is -0.382 e. The van der Waals surface area contributed by atoms with E-state index in [-0.39, 0.29) is 5.54 Å². The molecule has 1 heterocycles. The van der Waals surface area contributed by atoms with Gasteiger partial charge in [0.15, 0.2) is 0 Å². The number of hydrogen-bond acceptors (Lipinski definition) is 2. The van der Waals surface area contributed by atoms with E-state index < -0.39 is 0 Å². The first-order valence-electron chi connectivity index (χ1n) is 3.97. The van der Waals surface area contributed by atoms with Gasteiger partial charge in [-0.25, -0.2) is 0 Å². The maximum absolute atomic E-state index is 4.26. The van der Waals surface area contributed by atoms with Gasteiger partial charge in [0.25, 0.3) is 0 Å². The van der Waals surface area contributed by atoms with E-state index in [1.54, 1.807) is 0 Å². The first-order chi connectivity index (χ1) is 4.97. The summed E-state index contributed by atoms with van der Waals surface area (Å²) in [6.45, 7) is 9.31. The van der Waals surface area contributed by atoms with Crippen LogP contribution in [0.2, 0.25) is 0 Å². The Hall–Kier alpha value is -0.790. The second-order valence-electron chi connectivity index (χ2n) is 4.00. The average molecular weight is 152 g/mol. The standard InChI is InChI=1S/C9H16N2/c1-7-5-8(6-10-7)11-9(2,3)4/h5,11H,6H2,1-4H3. The lowest BCUT2D eigenvalue weighted by atomic mass is 10.1. The molecule has 1 aliphatic rings. The Morgan fingerprint density at radius 3 is 2.45 bits per heavy atom. The predicted molar refractivity (Wildman–Crippen MR) is 48.9 cm³/mol. The first-order valence-corrected chi connectivity index (χ1v) is 3.97. The largest absolute Gasteiger partial charge is 0.382 e. The van der Waals surface area contributed by atoms with E-state index in [2.05, 4.69) is 37.2 Å². The number of aliphatic imine (C=N–C) groups is 1. The Balaban J connectivity index is 2.49. The summed E-state index contributed by atoms with van der Waals surface area (Å²) in [4.78, 5) is 4.26. The summed E-state index contributed by atoms with van der Waals surface area (Å²) in [6.07, 6.45) is 2.10. The summed E-state index contributed by atoms with van der Waals surface area (Å²) in [5, 5.41) is 3.40. The van der Waals surface area contributed by atoms with Crippen LogP contribution in [0.15, 0.2) is 16.8 Å². The van der Waals surface area contributed by atoms with Gasteiger partial charge >= 0.3 is 0 Å². The molecule has 0 aliphatic carbocycles. The third-order valence-corrected chi connectivity index (χ3v) is 1.42. The summed E-state index contributed by atoms with van der Waals surface area (Å²) >= 11 is 0. The number of nitrogens with one attached hydrogen (secondary N) is 1. The summed E-state index contributed by atoms with van der Waals surface area (Å²) in [5.41, 5.74) is 2.51. The quantitative estimate of drug-likeness (QED) is 0.608. The molecule has 62 valence electrons. The monoisotopic (exact) mass is 152 g/mol. The molecule has 0 aromatic carbocycles. The molecule has 1 rings (SSSR count). The first kappa shape index (κ1) is 8.31. The van der Waals surface area contributed by atoms with Crippen LogP contribution in [0.5, 0.6) is 0 Å². The van der Waals surface area contributed by atoms with Crippen molar-refractivity contribution in [1.82, 2.24) is 5.32 Å². The molecule has 11 heavy (non-hydrogen) atoms. The molecule has 0 bridgehead atoms. The van der Waals surface area contributed by atoms with Gasteiger partial charge in [0.1, 0.15) is 0 Å². The molecule has 0 spiro atoms. The molecular formula is C9H16N2. The van der Waals surface area contributed by atoms with Crippen LogP contribution in [0.3, 0.4) is 0 Å². The van der Waals surface area contributed by atoms with Gasteiger partial charge in [-0.1, -0.05) is 0 Å². The zero-order valence-electron chi connectivity index (χ0n) is 7.73. The Kier molecular flexibility index (Phi) is 2.03. The Morgan fingerprint density at radius 2 is 2.09 bits per heavy atom.